The predicted octanol–water partition coefficient (Wildman–Crippen LogP) is 4.59. The summed E-state index contributed by atoms with van der Waals surface area (Å²) < 4.78 is 10.5. The Balaban J connectivity index is 1.86. The number of aliphatic hydroxyl groups excluding tert-OH is 1. The van der Waals surface area contributed by atoms with Gasteiger partial charge in [-0.1, -0.05) is 19.1 Å². The molecular weight excluding hydrogens is 460 g/mol. The molecule has 184 valence electrons. The third-order valence-corrected chi connectivity index (χ3v) is 5.88. The van der Waals surface area contributed by atoms with Crippen molar-refractivity contribution in [1.29, 1.82) is 0 Å². The van der Waals surface area contributed by atoms with Gasteiger partial charge in [0, 0.05) is 17.4 Å². The van der Waals surface area contributed by atoms with Crippen molar-refractivity contribution in [2.24, 2.45) is 0 Å². The first-order valence-corrected chi connectivity index (χ1v) is 11.5. The van der Waals surface area contributed by atoms with E-state index in [9.17, 15) is 19.5 Å². The van der Waals surface area contributed by atoms with E-state index in [2.05, 4.69) is 4.98 Å². The quantitative estimate of drug-likeness (QED) is 0.225. The summed E-state index contributed by atoms with van der Waals surface area (Å²) in [6, 6.07) is 15.4. The lowest BCUT2D eigenvalue weighted by atomic mass is 9.97. The van der Waals surface area contributed by atoms with E-state index < -0.39 is 23.7 Å². The fourth-order valence-corrected chi connectivity index (χ4v) is 4.16. The van der Waals surface area contributed by atoms with Gasteiger partial charge in [-0.25, -0.2) is 4.79 Å². The van der Waals surface area contributed by atoms with Crippen molar-refractivity contribution in [2.75, 3.05) is 18.6 Å². The summed E-state index contributed by atoms with van der Waals surface area (Å²) in [5, 5.41) is 11.3. The average molecular weight is 487 g/mol. The lowest BCUT2D eigenvalue weighted by Gasteiger charge is -2.25. The van der Waals surface area contributed by atoms with Crippen LogP contribution in [-0.2, 0) is 14.3 Å². The molecule has 0 aliphatic carbocycles. The van der Waals surface area contributed by atoms with Gasteiger partial charge in [-0.3, -0.25) is 19.5 Å². The second-order valence-electron chi connectivity index (χ2n) is 8.29. The van der Waals surface area contributed by atoms with Crippen LogP contribution < -0.4 is 9.64 Å². The summed E-state index contributed by atoms with van der Waals surface area (Å²) in [7, 11) is 1.54. The van der Waals surface area contributed by atoms with Crippen LogP contribution in [0.25, 0.3) is 5.76 Å². The highest BCUT2D eigenvalue weighted by molar-refractivity contribution is 6.51. The average Bonchev–Trinajstić information content (AvgIpc) is 3.17. The molecule has 0 bridgehead atoms. The number of ether oxygens (including phenoxy) is 2. The van der Waals surface area contributed by atoms with Crippen LogP contribution >= 0.6 is 0 Å². The summed E-state index contributed by atoms with van der Waals surface area (Å²) in [6.45, 7) is 3.97. The maximum atomic E-state index is 13.3. The van der Waals surface area contributed by atoms with E-state index in [1.54, 1.807) is 67.9 Å². The Labute approximate surface area is 208 Å². The van der Waals surface area contributed by atoms with E-state index in [4.69, 9.17) is 9.47 Å². The van der Waals surface area contributed by atoms with Crippen LogP contribution in [0.1, 0.15) is 46.6 Å². The monoisotopic (exact) mass is 486 g/mol. The number of aromatic nitrogens is 1. The molecule has 8 heteroatoms. The Hall–Kier alpha value is -4.46. The Morgan fingerprint density at radius 1 is 1.06 bits per heavy atom. The fourth-order valence-electron chi connectivity index (χ4n) is 4.16. The number of carbonyl (C=O) groups is 3. The zero-order valence-electron chi connectivity index (χ0n) is 20.2. The number of carbonyl (C=O) groups excluding carboxylic acids is 3. The van der Waals surface area contributed by atoms with Crippen molar-refractivity contribution in [3.05, 3.63) is 94.8 Å². The molecule has 1 unspecified atom stereocenters. The SMILES string of the molecule is CCCOC(=O)c1cccc(N2C(=O)C(=O)/C(=C(/O)c3ccc(OC)c(C)c3)C2c2ccccn2)c1. The van der Waals surface area contributed by atoms with Gasteiger partial charge in [0.15, 0.2) is 0 Å². The molecule has 1 fully saturated rings. The van der Waals surface area contributed by atoms with E-state index >= 15 is 0 Å². The lowest BCUT2D eigenvalue weighted by Crippen LogP contribution is -2.30. The van der Waals surface area contributed by atoms with Gasteiger partial charge in [0.2, 0.25) is 0 Å². The molecule has 2 aromatic carbocycles. The van der Waals surface area contributed by atoms with E-state index in [1.165, 1.54) is 11.0 Å². The number of aryl methyl sites for hydroxylation is 1. The summed E-state index contributed by atoms with van der Waals surface area (Å²) >= 11 is 0. The first-order valence-electron chi connectivity index (χ1n) is 11.5. The van der Waals surface area contributed by atoms with Gasteiger partial charge in [-0.15, -0.1) is 0 Å². The maximum absolute atomic E-state index is 13.3. The molecule has 0 radical (unpaired) electrons. The summed E-state index contributed by atoms with van der Waals surface area (Å²) in [5.74, 6) is -1.92. The van der Waals surface area contributed by atoms with Crippen LogP contribution in [0, 0.1) is 6.92 Å². The first-order chi connectivity index (χ1) is 17.4. The maximum Gasteiger partial charge on any atom is 0.338 e. The molecular formula is C28H26N2O6. The second kappa shape index (κ2) is 10.4. The van der Waals surface area contributed by atoms with Crippen LogP contribution in [0.2, 0.25) is 0 Å². The molecule has 1 aliphatic heterocycles. The Bertz CT molecular complexity index is 1350. The van der Waals surface area contributed by atoms with Crippen molar-refractivity contribution in [3.8, 4) is 5.75 Å². The molecule has 1 aromatic heterocycles. The number of aliphatic hydroxyl groups is 1. The zero-order valence-corrected chi connectivity index (χ0v) is 20.2. The number of anilines is 1. The van der Waals surface area contributed by atoms with Gasteiger partial charge < -0.3 is 14.6 Å². The number of nitrogens with zero attached hydrogens (tertiary/aromatic N) is 2. The van der Waals surface area contributed by atoms with Crippen molar-refractivity contribution in [3.63, 3.8) is 0 Å². The highest BCUT2D eigenvalue weighted by Gasteiger charge is 2.47. The standard InChI is InChI=1S/C28H26N2O6/c1-4-14-36-28(34)19-8-7-9-20(16-19)30-24(21-10-5-6-13-29-21)23(26(32)27(30)33)25(31)18-11-12-22(35-3)17(2)15-18/h5-13,15-16,24,31H,4,14H2,1-3H3/b25-23+. The molecule has 2 heterocycles. The third kappa shape index (κ3) is 4.57. The zero-order chi connectivity index (χ0) is 25.8. The molecule has 0 spiro atoms. The van der Waals surface area contributed by atoms with Crippen molar-refractivity contribution in [1.82, 2.24) is 4.98 Å². The van der Waals surface area contributed by atoms with Crippen LogP contribution in [0.3, 0.4) is 0 Å². The lowest BCUT2D eigenvalue weighted by molar-refractivity contribution is -0.132. The largest absolute Gasteiger partial charge is 0.507 e. The Morgan fingerprint density at radius 3 is 2.53 bits per heavy atom. The predicted molar refractivity (Wildman–Crippen MR) is 134 cm³/mol. The number of benzene rings is 2. The Morgan fingerprint density at radius 2 is 1.86 bits per heavy atom. The van der Waals surface area contributed by atoms with Crippen LogP contribution in [0.15, 0.2) is 72.4 Å². The highest BCUT2D eigenvalue weighted by Crippen LogP contribution is 2.42. The molecule has 3 aromatic rings. The molecule has 36 heavy (non-hydrogen) atoms. The van der Waals surface area contributed by atoms with Gasteiger partial charge in [0.25, 0.3) is 11.7 Å². The van der Waals surface area contributed by atoms with Crippen LogP contribution in [-0.4, -0.2) is 41.5 Å². The van der Waals surface area contributed by atoms with Gasteiger partial charge >= 0.3 is 5.97 Å². The van der Waals surface area contributed by atoms with Crippen molar-refractivity contribution < 1.29 is 29.0 Å². The molecule has 8 nitrogen and oxygen atoms in total. The summed E-state index contributed by atoms with van der Waals surface area (Å²) in [6.07, 6.45) is 2.22. The number of Topliss-reactive ketones (excluding diaryl/α,β-unsaturated/α-hetero) is 1. The highest BCUT2D eigenvalue weighted by atomic mass is 16.5. The van der Waals surface area contributed by atoms with Crippen molar-refractivity contribution >= 4 is 29.1 Å². The minimum absolute atomic E-state index is 0.0952. The van der Waals surface area contributed by atoms with Gasteiger partial charge in [0.05, 0.1) is 30.5 Å². The number of esters is 1. The van der Waals surface area contributed by atoms with Gasteiger partial charge in [-0.2, -0.15) is 0 Å². The minimum Gasteiger partial charge on any atom is -0.507 e. The van der Waals surface area contributed by atoms with Crippen LogP contribution in [0.5, 0.6) is 5.75 Å². The number of pyridine rings is 1. The molecule has 1 N–H and O–H groups in total. The first kappa shape index (κ1) is 24.7. The van der Waals surface area contributed by atoms with E-state index in [0.717, 1.165) is 5.56 Å². The van der Waals surface area contributed by atoms with Gasteiger partial charge in [-0.05, 0) is 67.4 Å². The summed E-state index contributed by atoms with van der Waals surface area (Å²) in [4.78, 5) is 44.7. The minimum atomic E-state index is -1.00. The molecule has 1 amide bonds. The van der Waals surface area contributed by atoms with Crippen LogP contribution in [0.4, 0.5) is 5.69 Å². The Kier molecular flexibility index (Phi) is 7.15. The molecule has 4 rings (SSSR count). The molecule has 0 saturated carbocycles. The smallest absolute Gasteiger partial charge is 0.338 e. The second-order valence-corrected chi connectivity index (χ2v) is 8.29. The molecule has 1 atom stereocenters. The topological polar surface area (TPSA) is 106 Å². The fraction of sp³-hybridized carbons (Fsp3) is 0.214. The van der Waals surface area contributed by atoms with Crippen molar-refractivity contribution in [2.45, 2.75) is 26.3 Å². The number of ketones is 1. The number of rotatable bonds is 7. The third-order valence-electron chi connectivity index (χ3n) is 5.88. The molecule has 1 saturated heterocycles. The number of hydrogen-bond donors (Lipinski definition) is 1. The number of hydrogen-bond acceptors (Lipinski definition) is 7. The van der Waals surface area contributed by atoms with E-state index in [0.29, 0.717) is 29.1 Å². The van der Waals surface area contributed by atoms with E-state index in [1.807, 2.05) is 13.8 Å². The molecule has 1 aliphatic rings. The van der Waals surface area contributed by atoms with E-state index in [-0.39, 0.29) is 23.5 Å². The normalized spacial score (nSPS) is 16.8. The summed E-state index contributed by atoms with van der Waals surface area (Å²) in [5.41, 5.74) is 1.97. The van der Waals surface area contributed by atoms with Gasteiger partial charge in [0.1, 0.15) is 17.6 Å². The number of amides is 1. The number of methoxy groups -OCH3 is 1.